The lowest BCUT2D eigenvalue weighted by atomic mass is 10.1. The highest BCUT2D eigenvalue weighted by Crippen LogP contribution is 2.46. The predicted octanol–water partition coefficient (Wildman–Crippen LogP) is 1.21. The van der Waals surface area contributed by atoms with Gasteiger partial charge in [-0.1, -0.05) is 0 Å². The van der Waals surface area contributed by atoms with Crippen LogP contribution in [0.2, 0.25) is 0 Å². The molecule has 0 fully saturated rings. The number of benzene rings is 1. The van der Waals surface area contributed by atoms with Gasteiger partial charge in [-0.3, -0.25) is 0 Å². The van der Waals surface area contributed by atoms with E-state index in [-0.39, 0.29) is 42.8 Å². The van der Waals surface area contributed by atoms with Crippen molar-refractivity contribution in [2.45, 2.75) is 52.8 Å². The minimum Gasteiger partial charge on any atom is -0.545 e. The van der Waals surface area contributed by atoms with Crippen LogP contribution in [0.25, 0.3) is 0 Å². The summed E-state index contributed by atoms with van der Waals surface area (Å²) in [6.07, 6.45) is 0.210. The molecule has 0 N–H and O–H groups in total. The Morgan fingerprint density at radius 2 is 1.59 bits per heavy atom. The molecule has 0 bridgehead atoms. The number of hydrogen-bond acceptors (Lipinski definition) is 8. The van der Waals surface area contributed by atoms with Crippen molar-refractivity contribution in [3.63, 3.8) is 0 Å². The van der Waals surface area contributed by atoms with Crippen molar-refractivity contribution in [1.82, 2.24) is 4.67 Å². The zero-order chi connectivity index (χ0) is 20.6. The van der Waals surface area contributed by atoms with Crippen molar-refractivity contribution in [3.8, 4) is 6.07 Å². The summed E-state index contributed by atoms with van der Waals surface area (Å²) in [5, 5.41) is 30.9. The zero-order valence-electron chi connectivity index (χ0n) is 15.8. The fourth-order valence-corrected chi connectivity index (χ4v) is 4.06. The summed E-state index contributed by atoms with van der Waals surface area (Å²) in [5.41, 5.74) is -0.191. The number of rotatable bonds is 11. The Kier molecular flexibility index (Phi) is 9.33. The van der Waals surface area contributed by atoms with Crippen molar-refractivity contribution in [2.75, 3.05) is 6.61 Å². The van der Waals surface area contributed by atoms with E-state index in [1.54, 1.807) is 0 Å². The number of aromatic carboxylic acids is 2. The maximum absolute atomic E-state index is 11.1. The number of carbonyl (C=O) groups excluding carboxylic acids is 2. The van der Waals surface area contributed by atoms with E-state index in [2.05, 4.69) is 0 Å². The van der Waals surface area contributed by atoms with Crippen LogP contribution in [0, 0.1) is 11.3 Å². The summed E-state index contributed by atoms with van der Waals surface area (Å²) in [7, 11) is -1.53. The minimum absolute atomic E-state index is 0.0599. The summed E-state index contributed by atoms with van der Waals surface area (Å²) in [6.45, 7) is 8.07. The Bertz CT molecular complexity index is 661. The van der Waals surface area contributed by atoms with Gasteiger partial charge in [0.05, 0.1) is 37.6 Å². The van der Waals surface area contributed by atoms with Crippen LogP contribution in [0.1, 0.15) is 60.4 Å². The highest BCUT2D eigenvalue weighted by molar-refractivity contribution is 7.44. The van der Waals surface area contributed by atoms with E-state index in [1.807, 2.05) is 38.4 Å². The molecule has 0 amide bonds. The number of hydrogen-bond donors (Lipinski definition) is 0. The molecule has 9 heteroatoms. The molecule has 8 nitrogen and oxygen atoms in total. The van der Waals surface area contributed by atoms with E-state index in [4.69, 9.17) is 14.3 Å². The number of nitriles is 1. The molecule has 0 aliphatic rings. The average Bonchev–Trinajstić information content (AvgIpc) is 2.58. The zero-order valence-corrected chi connectivity index (χ0v) is 16.7. The lowest BCUT2D eigenvalue weighted by Crippen LogP contribution is -2.33. The van der Waals surface area contributed by atoms with Gasteiger partial charge >= 0.3 is 0 Å². The molecule has 0 aromatic heterocycles. The van der Waals surface area contributed by atoms with Crippen molar-refractivity contribution < 1.29 is 28.8 Å². The summed E-state index contributed by atoms with van der Waals surface area (Å²) in [5.74, 6) is -2.98. The third-order valence-electron chi connectivity index (χ3n) is 3.47. The monoisotopic (exact) mass is 394 g/mol. The van der Waals surface area contributed by atoms with E-state index in [1.165, 1.54) is 12.1 Å². The summed E-state index contributed by atoms with van der Waals surface area (Å²) in [4.78, 5) is 22.2. The molecule has 1 rings (SSSR count). The first-order chi connectivity index (χ1) is 12.7. The molecule has 1 aromatic carbocycles. The van der Waals surface area contributed by atoms with Gasteiger partial charge in [0, 0.05) is 12.1 Å². The van der Waals surface area contributed by atoms with Gasteiger partial charge in [-0.05, 0) is 62.6 Å². The molecule has 1 unspecified atom stereocenters. The topological polar surface area (TPSA) is 126 Å². The summed E-state index contributed by atoms with van der Waals surface area (Å²) >= 11 is 0. The van der Waals surface area contributed by atoms with Crippen molar-refractivity contribution in [2.24, 2.45) is 0 Å². The second-order valence-electron chi connectivity index (χ2n) is 6.31. The van der Waals surface area contributed by atoms with Gasteiger partial charge in [0.15, 0.2) is 0 Å². The highest BCUT2D eigenvalue weighted by atomic mass is 31.2. The van der Waals surface area contributed by atoms with E-state index < -0.39 is 20.5 Å². The van der Waals surface area contributed by atoms with Crippen LogP contribution in [0.3, 0.4) is 0 Å². The maximum atomic E-state index is 11.1. The van der Waals surface area contributed by atoms with Crippen molar-refractivity contribution in [1.29, 1.82) is 5.26 Å². The summed E-state index contributed by atoms with van der Waals surface area (Å²) in [6, 6.07) is 5.77. The van der Waals surface area contributed by atoms with E-state index in [0.717, 1.165) is 6.07 Å². The fourth-order valence-electron chi connectivity index (χ4n) is 2.45. The van der Waals surface area contributed by atoms with Crippen LogP contribution < -0.4 is 10.2 Å². The van der Waals surface area contributed by atoms with Crippen LogP contribution >= 0.6 is 8.53 Å². The minimum atomic E-state index is -1.53. The Balaban J connectivity index is 3.04. The van der Waals surface area contributed by atoms with E-state index in [9.17, 15) is 19.8 Å². The normalized spacial score (nSPS) is 12.4. The van der Waals surface area contributed by atoms with Crippen molar-refractivity contribution in [3.05, 3.63) is 34.9 Å². The highest BCUT2D eigenvalue weighted by Gasteiger charge is 2.27. The lowest BCUT2D eigenvalue weighted by molar-refractivity contribution is -0.255. The Hall–Kier alpha value is -2.04. The van der Waals surface area contributed by atoms with Gasteiger partial charge in [-0.25, -0.2) is 4.67 Å². The second kappa shape index (κ2) is 11.0. The third-order valence-corrected chi connectivity index (χ3v) is 5.52. The molecular formula is C18H23N2O6P-2. The molecule has 0 saturated heterocycles. The quantitative estimate of drug-likeness (QED) is 0.405. The van der Waals surface area contributed by atoms with Crippen LogP contribution in [0.5, 0.6) is 0 Å². The number of nitrogens with zero attached hydrogens (tertiary/aromatic N) is 2. The molecule has 0 radical (unpaired) electrons. The number of carbonyl (C=O) groups is 2. The van der Waals surface area contributed by atoms with Crippen LogP contribution in [-0.4, -0.2) is 35.3 Å². The molecular weight excluding hydrogens is 371 g/mol. The molecule has 27 heavy (non-hydrogen) atoms. The molecule has 0 spiro atoms. The average molecular weight is 394 g/mol. The Morgan fingerprint density at radius 3 is 2.00 bits per heavy atom. The van der Waals surface area contributed by atoms with Gasteiger partial charge in [0.25, 0.3) is 8.53 Å². The van der Waals surface area contributed by atoms with Gasteiger partial charge in [-0.2, -0.15) is 5.26 Å². The molecule has 1 atom stereocenters. The van der Waals surface area contributed by atoms with E-state index >= 15 is 0 Å². The maximum Gasteiger partial charge on any atom is 0.259 e. The largest absolute Gasteiger partial charge is 0.545 e. The van der Waals surface area contributed by atoms with Crippen molar-refractivity contribution >= 4 is 20.5 Å². The Labute approximate surface area is 160 Å². The predicted molar refractivity (Wildman–Crippen MR) is 95.1 cm³/mol. The number of carboxylic acid groups (broad SMARTS) is 2. The molecule has 148 valence electrons. The first kappa shape index (κ1) is 23.0. The van der Waals surface area contributed by atoms with Crippen LogP contribution in [-0.2, 0) is 15.7 Å². The summed E-state index contributed by atoms with van der Waals surface area (Å²) < 4.78 is 13.6. The standard InChI is InChI=1S/C18H25N2O6P/c1-12(2)20(13(3)4)27(25-7-5-6-19)26-11-14-8-15(17(21)22)10-16(9-14)18(23)24/h8-10,12-13H,5,7,11H2,1-4H3,(H,21,22)(H,23,24)/p-2. The second-order valence-corrected chi connectivity index (χ2v) is 7.77. The third kappa shape index (κ3) is 7.24. The first-order valence-electron chi connectivity index (χ1n) is 8.45. The smallest absolute Gasteiger partial charge is 0.259 e. The van der Waals surface area contributed by atoms with Gasteiger partial charge in [-0.15, -0.1) is 0 Å². The molecule has 0 saturated carbocycles. The first-order valence-corrected chi connectivity index (χ1v) is 9.58. The van der Waals surface area contributed by atoms with Gasteiger partial charge < -0.3 is 28.8 Å². The van der Waals surface area contributed by atoms with Crippen LogP contribution in [0.4, 0.5) is 0 Å². The lowest BCUT2D eigenvalue weighted by Gasteiger charge is -2.35. The molecule has 0 aliphatic heterocycles. The van der Waals surface area contributed by atoms with Crippen LogP contribution in [0.15, 0.2) is 18.2 Å². The Morgan fingerprint density at radius 1 is 1.07 bits per heavy atom. The van der Waals surface area contributed by atoms with E-state index in [0.29, 0.717) is 5.56 Å². The number of carboxylic acids is 2. The van der Waals surface area contributed by atoms with Gasteiger partial charge in [0.1, 0.15) is 0 Å². The SMILES string of the molecule is CC(C)N(C(C)C)P(OCCC#N)OCc1cc(C(=O)[O-])cc(C(=O)[O-])c1. The fraction of sp³-hybridized carbons (Fsp3) is 0.500. The molecule has 1 aromatic rings. The molecule has 0 heterocycles. The molecule has 0 aliphatic carbocycles. The van der Waals surface area contributed by atoms with Gasteiger partial charge in [0.2, 0.25) is 0 Å².